The molecule has 164 valence electrons. The SMILES string of the molecule is Cc1ccc(-n2c(=O)c3ccccc3n3c(SC(C)C(=O)c4ccc(F)cc4)nnc23)cc1. The van der Waals surface area contributed by atoms with Crippen molar-refractivity contribution in [3.8, 4) is 5.69 Å². The fourth-order valence-corrected chi connectivity index (χ4v) is 4.67. The Balaban J connectivity index is 1.65. The number of rotatable bonds is 5. The average Bonchev–Trinajstić information content (AvgIpc) is 3.23. The van der Waals surface area contributed by atoms with Crippen LogP contribution < -0.4 is 5.56 Å². The molecule has 0 N–H and O–H groups in total. The number of fused-ring (bicyclic) bond motifs is 3. The van der Waals surface area contributed by atoms with Gasteiger partial charge in [0.1, 0.15) is 5.82 Å². The zero-order valence-electron chi connectivity index (χ0n) is 17.9. The van der Waals surface area contributed by atoms with E-state index in [0.29, 0.717) is 33.1 Å². The standard InChI is InChI=1S/C25H19FN4O2S/c1-15-7-13-19(14-8-15)29-23(32)20-5-3-4-6-21(20)30-24(29)27-28-25(30)33-16(2)22(31)17-9-11-18(26)12-10-17/h3-14,16H,1-2H3. The molecule has 0 amide bonds. The zero-order valence-corrected chi connectivity index (χ0v) is 18.7. The van der Waals surface area contributed by atoms with E-state index in [1.54, 1.807) is 17.4 Å². The first kappa shape index (κ1) is 21.1. The molecule has 0 radical (unpaired) electrons. The quantitative estimate of drug-likeness (QED) is 0.278. The van der Waals surface area contributed by atoms with E-state index in [9.17, 15) is 14.0 Å². The number of aromatic nitrogens is 4. The van der Waals surface area contributed by atoms with Gasteiger partial charge in [-0.2, -0.15) is 0 Å². The number of benzene rings is 3. The largest absolute Gasteiger partial charge is 0.293 e. The predicted molar refractivity (Wildman–Crippen MR) is 127 cm³/mol. The summed E-state index contributed by atoms with van der Waals surface area (Å²) < 4.78 is 16.6. The van der Waals surface area contributed by atoms with E-state index >= 15 is 0 Å². The van der Waals surface area contributed by atoms with E-state index in [-0.39, 0.29) is 11.3 Å². The average molecular weight is 459 g/mol. The molecule has 0 aliphatic carbocycles. The lowest BCUT2D eigenvalue weighted by Crippen LogP contribution is -2.22. The highest BCUT2D eigenvalue weighted by molar-refractivity contribution is 8.00. The monoisotopic (exact) mass is 458 g/mol. The van der Waals surface area contributed by atoms with Gasteiger partial charge in [0.05, 0.1) is 21.8 Å². The highest BCUT2D eigenvalue weighted by Gasteiger charge is 2.23. The maximum atomic E-state index is 13.4. The minimum Gasteiger partial charge on any atom is -0.293 e. The molecule has 8 heteroatoms. The fraction of sp³-hybridized carbons (Fsp3) is 0.120. The van der Waals surface area contributed by atoms with Crippen molar-refractivity contribution in [3.05, 3.63) is 100 Å². The molecule has 3 aromatic carbocycles. The third kappa shape index (κ3) is 3.72. The van der Waals surface area contributed by atoms with E-state index in [4.69, 9.17) is 0 Å². The molecule has 0 saturated heterocycles. The molecule has 0 aliphatic heterocycles. The van der Waals surface area contributed by atoms with Crippen molar-refractivity contribution >= 4 is 34.2 Å². The third-order valence-electron chi connectivity index (χ3n) is 5.47. The number of ketones is 1. The summed E-state index contributed by atoms with van der Waals surface area (Å²) in [5, 5.41) is 9.15. The zero-order chi connectivity index (χ0) is 23.1. The molecule has 1 unspecified atom stereocenters. The summed E-state index contributed by atoms with van der Waals surface area (Å²) in [4.78, 5) is 26.3. The van der Waals surface area contributed by atoms with Crippen molar-refractivity contribution in [1.82, 2.24) is 19.2 Å². The van der Waals surface area contributed by atoms with Gasteiger partial charge in [0.25, 0.3) is 5.56 Å². The Bertz CT molecular complexity index is 1560. The Morgan fingerprint density at radius 2 is 1.67 bits per heavy atom. The van der Waals surface area contributed by atoms with E-state index < -0.39 is 11.1 Å². The summed E-state index contributed by atoms with van der Waals surface area (Å²) >= 11 is 1.24. The van der Waals surface area contributed by atoms with Crippen LogP contribution in [0, 0.1) is 12.7 Å². The van der Waals surface area contributed by atoms with Crippen LogP contribution in [0.1, 0.15) is 22.8 Å². The topological polar surface area (TPSA) is 69.3 Å². The van der Waals surface area contributed by atoms with Gasteiger partial charge in [0, 0.05) is 5.56 Å². The van der Waals surface area contributed by atoms with Crippen molar-refractivity contribution in [1.29, 1.82) is 0 Å². The lowest BCUT2D eigenvalue weighted by molar-refractivity contribution is 0.0994. The molecule has 0 bridgehead atoms. The summed E-state index contributed by atoms with van der Waals surface area (Å²) in [6, 6.07) is 20.4. The Labute approximate surface area is 192 Å². The fourth-order valence-electron chi connectivity index (χ4n) is 3.74. The van der Waals surface area contributed by atoms with Crippen molar-refractivity contribution in [2.75, 3.05) is 0 Å². The maximum Gasteiger partial charge on any atom is 0.267 e. The smallest absolute Gasteiger partial charge is 0.267 e. The number of hydrogen-bond donors (Lipinski definition) is 0. The number of Topliss-reactive ketones (excluding diaryl/α,β-unsaturated/α-hetero) is 1. The number of thioether (sulfide) groups is 1. The summed E-state index contributed by atoms with van der Waals surface area (Å²) in [7, 11) is 0. The lowest BCUT2D eigenvalue weighted by atomic mass is 10.1. The number of nitrogens with zero attached hydrogens (tertiary/aromatic N) is 4. The molecule has 0 saturated carbocycles. The van der Waals surface area contributed by atoms with E-state index in [2.05, 4.69) is 10.2 Å². The Kier molecular flexibility index (Phi) is 5.30. The summed E-state index contributed by atoms with van der Waals surface area (Å²) in [6.07, 6.45) is 0. The third-order valence-corrected chi connectivity index (χ3v) is 6.51. The number of para-hydroxylation sites is 1. The van der Waals surface area contributed by atoms with Gasteiger partial charge in [-0.3, -0.25) is 14.0 Å². The Hall–Kier alpha value is -3.78. The lowest BCUT2D eigenvalue weighted by Gasteiger charge is -2.13. The molecule has 2 aromatic heterocycles. The Morgan fingerprint density at radius 1 is 0.970 bits per heavy atom. The van der Waals surface area contributed by atoms with Crippen LogP contribution in [-0.4, -0.2) is 30.2 Å². The second kappa shape index (κ2) is 8.29. The highest BCUT2D eigenvalue weighted by atomic mass is 32.2. The number of aryl methyl sites for hydroxylation is 1. The van der Waals surface area contributed by atoms with Crippen LogP contribution in [0.3, 0.4) is 0 Å². The second-order valence-electron chi connectivity index (χ2n) is 7.74. The van der Waals surface area contributed by atoms with Gasteiger partial charge in [-0.25, -0.2) is 8.96 Å². The second-order valence-corrected chi connectivity index (χ2v) is 9.05. The number of halogens is 1. The van der Waals surface area contributed by atoms with Gasteiger partial charge in [0.15, 0.2) is 10.9 Å². The van der Waals surface area contributed by atoms with Crippen LogP contribution in [0.15, 0.2) is 82.7 Å². The molecule has 5 aromatic rings. The summed E-state index contributed by atoms with van der Waals surface area (Å²) in [6.45, 7) is 3.75. The van der Waals surface area contributed by atoms with Crippen molar-refractivity contribution in [2.45, 2.75) is 24.3 Å². The number of carbonyl (C=O) groups is 1. The van der Waals surface area contributed by atoms with Crippen LogP contribution in [0.2, 0.25) is 0 Å². The van der Waals surface area contributed by atoms with Crippen molar-refractivity contribution in [2.24, 2.45) is 0 Å². The molecule has 0 spiro atoms. The van der Waals surface area contributed by atoms with Crippen LogP contribution in [0.4, 0.5) is 4.39 Å². The normalized spacial score (nSPS) is 12.3. The van der Waals surface area contributed by atoms with Gasteiger partial charge in [0.2, 0.25) is 5.78 Å². The first-order valence-electron chi connectivity index (χ1n) is 10.4. The van der Waals surface area contributed by atoms with Crippen molar-refractivity contribution < 1.29 is 9.18 Å². The molecule has 2 heterocycles. The number of hydrogen-bond acceptors (Lipinski definition) is 5. The maximum absolute atomic E-state index is 13.4. The minimum absolute atomic E-state index is 0.145. The van der Waals surface area contributed by atoms with Gasteiger partial charge in [-0.1, -0.05) is 41.6 Å². The molecule has 6 nitrogen and oxygen atoms in total. The summed E-state index contributed by atoms with van der Waals surface area (Å²) in [5.41, 5.74) is 2.65. The molecule has 33 heavy (non-hydrogen) atoms. The molecule has 5 rings (SSSR count). The van der Waals surface area contributed by atoms with Crippen LogP contribution in [0.25, 0.3) is 22.4 Å². The predicted octanol–water partition coefficient (Wildman–Crippen LogP) is 4.84. The minimum atomic E-state index is -0.499. The van der Waals surface area contributed by atoms with Crippen LogP contribution in [0.5, 0.6) is 0 Å². The molecule has 0 aliphatic rings. The highest BCUT2D eigenvalue weighted by Crippen LogP contribution is 2.28. The van der Waals surface area contributed by atoms with Gasteiger partial charge in [-0.15, -0.1) is 10.2 Å². The van der Waals surface area contributed by atoms with Crippen molar-refractivity contribution in [3.63, 3.8) is 0 Å². The van der Waals surface area contributed by atoms with E-state index in [1.807, 2.05) is 49.4 Å². The van der Waals surface area contributed by atoms with E-state index in [1.165, 1.54) is 40.6 Å². The summed E-state index contributed by atoms with van der Waals surface area (Å²) in [5.74, 6) is -0.171. The molecular formula is C25H19FN4O2S. The number of carbonyl (C=O) groups excluding carboxylic acids is 1. The van der Waals surface area contributed by atoms with Gasteiger partial charge >= 0.3 is 0 Å². The molecular weight excluding hydrogens is 439 g/mol. The van der Waals surface area contributed by atoms with Crippen LogP contribution >= 0.6 is 11.8 Å². The van der Waals surface area contributed by atoms with E-state index in [0.717, 1.165) is 5.56 Å². The first-order chi connectivity index (χ1) is 15.9. The van der Waals surface area contributed by atoms with Crippen LogP contribution in [-0.2, 0) is 0 Å². The Morgan fingerprint density at radius 3 is 2.39 bits per heavy atom. The first-order valence-corrected chi connectivity index (χ1v) is 11.2. The molecule has 0 fully saturated rings. The van der Waals surface area contributed by atoms with Gasteiger partial charge in [-0.05, 0) is 62.4 Å². The molecule has 1 atom stereocenters. The van der Waals surface area contributed by atoms with Gasteiger partial charge < -0.3 is 0 Å².